The predicted molar refractivity (Wildman–Crippen MR) is 61.4 cm³/mol. The monoisotopic (exact) mass is 219 g/mol. The van der Waals surface area contributed by atoms with Gasteiger partial charge in [0.15, 0.2) is 0 Å². The summed E-state index contributed by atoms with van der Waals surface area (Å²) in [5.41, 5.74) is 6.38. The van der Waals surface area contributed by atoms with Gasteiger partial charge in [0.05, 0.1) is 5.69 Å². The van der Waals surface area contributed by atoms with Crippen molar-refractivity contribution in [2.45, 2.75) is 19.4 Å². The summed E-state index contributed by atoms with van der Waals surface area (Å²) >= 11 is 0. The second-order valence-electron chi connectivity index (χ2n) is 4.27. The van der Waals surface area contributed by atoms with Crippen LogP contribution >= 0.6 is 0 Å². The van der Waals surface area contributed by atoms with Gasteiger partial charge >= 0.3 is 0 Å². The number of carbonyl (C=O) groups is 1. The van der Waals surface area contributed by atoms with Crippen molar-refractivity contribution >= 4 is 5.91 Å². The first kappa shape index (κ1) is 11.1. The van der Waals surface area contributed by atoms with Crippen LogP contribution in [-0.4, -0.2) is 28.9 Å². The highest BCUT2D eigenvalue weighted by molar-refractivity contribution is 5.76. The molecular weight excluding hydrogens is 202 g/mol. The molecule has 1 aromatic heterocycles. The van der Waals surface area contributed by atoms with Crippen molar-refractivity contribution in [1.29, 1.82) is 0 Å². The average molecular weight is 219 g/mol. The minimum absolute atomic E-state index is 0.0694. The third-order valence-electron chi connectivity index (χ3n) is 3.10. The number of pyridine rings is 1. The zero-order valence-corrected chi connectivity index (χ0v) is 9.30. The highest BCUT2D eigenvalue weighted by Crippen LogP contribution is 2.17. The van der Waals surface area contributed by atoms with Crippen LogP contribution in [-0.2, 0) is 11.3 Å². The van der Waals surface area contributed by atoms with Crippen LogP contribution in [0.15, 0.2) is 24.4 Å². The topological polar surface area (TPSA) is 59.2 Å². The lowest BCUT2D eigenvalue weighted by Gasteiger charge is -2.30. The van der Waals surface area contributed by atoms with Crippen LogP contribution in [0, 0.1) is 5.92 Å². The van der Waals surface area contributed by atoms with Gasteiger partial charge in [-0.05, 0) is 38.1 Å². The summed E-state index contributed by atoms with van der Waals surface area (Å²) in [6, 6.07) is 5.95. The van der Waals surface area contributed by atoms with Crippen LogP contribution in [0.3, 0.4) is 0 Å². The van der Waals surface area contributed by atoms with E-state index in [1.165, 1.54) is 0 Å². The number of rotatable bonds is 3. The molecule has 1 amide bonds. The van der Waals surface area contributed by atoms with Crippen LogP contribution in [0.5, 0.6) is 0 Å². The van der Waals surface area contributed by atoms with Gasteiger partial charge in [0.1, 0.15) is 0 Å². The highest BCUT2D eigenvalue weighted by Gasteiger charge is 2.22. The Morgan fingerprint density at radius 1 is 1.44 bits per heavy atom. The molecule has 1 aliphatic heterocycles. The van der Waals surface area contributed by atoms with Gasteiger partial charge < -0.3 is 5.73 Å². The van der Waals surface area contributed by atoms with Gasteiger partial charge in [0.2, 0.25) is 5.91 Å². The van der Waals surface area contributed by atoms with E-state index in [0.29, 0.717) is 0 Å². The Labute approximate surface area is 95.5 Å². The third-order valence-corrected chi connectivity index (χ3v) is 3.10. The Balaban J connectivity index is 1.84. The molecule has 0 spiro atoms. The number of carbonyl (C=O) groups excluding carboxylic acids is 1. The fourth-order valence-corrected chi connectivity index (χ4v) is 2.10. The number of aromatic nitrogens is 1. The van der Waals surface area contributed by atoms with Crippen LogP contribution in [0.2, 0.25) is 0 Å². The quantitative estimate of drug-likeness (QED) is 0.817. The number of amides is 1. The fourth-order valence-electron chi connectivity index (χ4n) is 2.10. The number of primary amides is 1. The Morgan fingerprint density at radius 2 is 2.19 bits per heavy atom. The number of piperidine rings is 1. The van der Waals surface area contributed by atoms with E-state index in [2.05, 4.69) is 9.88 Å². The van der Waals surface area contributed by atoms with Gasteiger partial charge in [0, 0.05) is 18.7 Å². The summed E-state index contributed by atoms with van der Waals surface area (Å²) in [6.07, 6.45) is 3.57. The second-order valence-corrected chi connectivity index (χ2v) is 4.27. The van der Waals surface area contributed by atoms with Crippen molar-refractivity contribution in [3.05, 3.63) is 30.1 Å². The third kappa shape index (κ3) is 2.79. The highest BCUT2D eigenvalue weighted by atomic mass is 16.1. The molecule has 2 heterocycles. The van der Waals surface area contributed by atoms with Gasteiger partial charge in [-0.2, -0.15) is 0 Å². The maximum atomic E-state index is 11.0. The van der Waals surface area contributed by atoms with Gasteiger partial charge in [-0.3, -0.25) is 14.7 Å². The molecule has 0 atom stereocenters. The lowest BCUT2D eigenvalue weighted by atomic mass is 9.96. The molecule has 2 N–H and O–H groups in total. The smallest absolute Gasteiger partial charge is 0.220 e. The maximum absolute atomic E-state index is 11.0. The van der Waals surface area contributed by atoms with Gasteiger partial charge in [-0.15, -0.1) is 0 Å². The van der Waals surface area contributed by atoms with E-state index in [0.717, 1.165) is 38.2 Å². The molecule has 0 unspecified atom stereocenters. The van der Waals surface area contributed by atoms with E-state index in [9.17, 15) is 4.79 Å². The van der Waals surface area contributed by atoms with Crippen molar-refractivity contribution in [3.8, 4) is 0 Å². The van der Waals surface area contributed by atoms with E-state index >= 15 is 0 Å². The summed E-state index contributed by atoms with van der Waals surface area (Å²) in [5, 5.41) is 0. The Bertz CT molecular complexity index is 345. The minimum atomic E-state index is -0.155. The van der Waals surface area contributed by atoms with E-state index < -0.39 is 0 Å². The van der Waals surface area contributed by atoms with Gasteiger partial charge in [0.25, 0.3) is 0 Å². The number of nitrogens with two attached hydrogens (primary N) is 1. The molecule has 86 valence electrons. The molecule has 0 saturated carbocycles. The van der Waals surface area contributed by atoms with Crippen molar-refractivity contribution in [2.75, 3.05) is 13.1 Å². The summed E-state index contributed by atoms with van der Waals surface area (Å²) in [4.78, 5) is 17.6. The van der Waals surface area contributed by atoms with Gasteiger partial charge in [-0.1, -0.05) is 6.07 Å². The first-order valence-electron chi connectivity index (χ1n) is 5.67. The fraction of sp³-hybridized carbons (Fsp3) is 0.500. The molecule has 0 radical (unpaired) electrons. The lowest BCUT2D eigenvalue weighted by Crippen LogP contribution is -2.38. The van der Waals surface area contributed by atoms with Crippen molar-refractivity contribution in [2.24, 2.45) is 11.7 Å². The van der Waals surface area contributed by atoms with E-state index in [1.54, 1.807) is 0 Å². The van der Waals surface area contributed by atoms with E-state index in [4.69, 9.17) is 5.73 Å². The summed E-state index contributed by atoms with van der Waals surface area (Å²) in [5.74, 6) is -0.0857. The van der Waals surface area contributed by atoms with Crippen LogP contribution in [0.25, 0.3) is 0 Å². The zero-order valence-electron chi connectivity index (χ0n) is 9.30. The second kappa shape index (κ2) is 5.07. The predicted octanol–water partition coefficient (Wildman–Crippen LogP) is 0.779. The molecule has 0 aliphatic carbocycles. The molecule has 1 aromatic rings. The molecule has 1 aliphatic rings. The lowest BCUT2D eigenvalue weighted by molar-refractivity contribution is -0.123. The standard InChI is InChI=1S/C12H17N3O/c13-12(16)10-4-7-15(8-5-10)9-11-3-1-2-6-14-11/h1-3,6,10H,4-5,7-9H2,(H2,13,16). The normalized spacial score (nSPS) is 18.5. The minimum Gasteiger partial charge on any atom is -0.369 e. The molecule has 4 heteroatoms. The van der Waals surface area contributed by atoms with Crippen LogP contribution in [0.4, 0.5) is 0 Å². The number of nitrogens with zero attached hydrogens (tertiary/aromatic N) is 2. The van der Waals surface area contributed by atoms with Crippen molar-refractivity contribution < 1.29 is 4.79 Å². The van der Waals surface area contributed by atoms with Crippen molar-refractivity contribution in [3.63, 3.8) is 0 Å². The first-order valence-corrected chi connectivity index (χ1v) is 5.67. The Morgan fingerprint density at radius 3 is 2.75 bits per heavy atom. The maximum Gasteiger partial charge on any atom is 0.220 e. The van der Waals surface area contributed by atoms with Crippen LogP contribution < -0.4 is 5.73 Å². The Kier molecular flexibility index (Phi) is 3.51. The number of hydrogen-bond acceptors (Lipinski definition) is 3. The first-order chi connectivity index (χ1) is 7.75. The van der Waals surface area contributed by atoms with Gasteiger partial charge in [-0.25, -0.2) is 0 Å². The van der Waals surface area contributed by atoms with Crippen molar-refractivity contribution in [1.82, 2.24) is 9.88 Å². The SMILES string of the molecule is NC(=O)C1CCN(Cc2ccccn2)CC1. The molecule has 2 rings (SSSR count). The Hall–Kier alpha value is -1.42. The number of hydrogen-bond donors (Lipinski definition) is 1. The molecule has 1 saturated heterocycles. The molecule has 16 heavy (non-hydrogen) atoms. The molecular formula is C12H17N3O. The zero-order chi connectivity index (χ0) is 11.4. The largest absolute Gasteiger partial charge is 0.369 e. The summed E-state index contributed by atoms with van der Waals surface area (Å²) < 4.78 is 0. The average Bonchev–Trinajstić information content (AvgIpc) is 2.31. The molecule has 0 bridgehead atoms. The van der Waals surface area contributed by atoms with E-state index in [-0.39, 0.29) is 11.8 Å². The molecule has 0 aromatic carbocycles. The molecule has 4 nitrogen and oxygen atoms in total. The summed E-state index contributed by atoms with van der Waals surface area (Å²) in [6.45, 7) is 2.74. The number of likely N-dealkylation sites (tertiary alicyclic amines) is 1. The summed E-state index contributed by atoms with van der Waals surface area (Å²) in [7, 11) is 0. The van der Waals surface area contributed by atoms with E-state index in [1.807, 2.05) is 24.4 Å². The molecule has 1 fully saturated rings. The van der Waals surface area contributed by atoms with Crippen LogP contribution in [0.1, 0.15) is 18.5 Å².